The summed E-state index contributed by atoms with van der Waals surface area (Å²) in [4.78, 5) is 33.7. The van der Waals surface area contributed by atoms with Gasteiger partial charge in [0, 0.05) is 40.6 Å². The number of ether oxygens (including phenoxy) is 2. The van der Waals surface area contributed by atoms with Crippen LogP contribution in [-0.4, -0.2) is 95.6 Å². The number of benzene rings is 2. The second-order valence-electron chi connectivity index (χ2n) is 17.4. The number of hydrogen-bond acceptors (Lipinski definition) is 12. The number of ketones is 2. The lowest BCUT2D eigenvalue weighted by Gasteiger charge is -2.63. The molecule has 5 heterocycles. The molecule has 1 aromatic heterocycles. The van der Waals surface area contributed by atoms with Gasteiger partial charge >= 0.3 is 0 Å². The van der Waals surface area contributed by atoms with E-state index in [0.29, 0.717) is 46.5 Å². The van der Waals surface area contributed by atoms with Crippen molar-refractivity contribution in [3.05, 3.63) is 93.7 Å². The van der Waals surface area contributed by atoms with Crippen LogP contribution in [0, 0.1) is 29.6 Å². The number of allylic oxidation sites excluding steroid dienone is 2. The summed E-state index contributed by atoms with van der Waals surface area (Å²) in [6, 6.07) is 6.04. The van der Waals surface area contributed by atoms with Crippen LogP contribution in [0.5, 0.6) is 11.5 Å². The van der Waals surface area contributed by atoms with Crippen molar-refractivity contribution >= 4 is 28.2 Å². The summed E-state index contributed by atoms with van der Waals surface area (Å²) >= 11 is 0. The molecule has 12 rings (SSSR count). The van der Waals surface area contributed by atoms with Gasteiger partial charge in [-0.25, -0.2) is 4.98 Å². The summed E-state index contributed by atoms with van der Waals surface area (Å²) in [5.74, 6) is -3.79. The predicted octanol–water partition coefficient (Wildman–Crippen LogP) is 3.51. The molecule has 4 spiro atoms. The van der Waals surface area contributed by atoms with E-state index in [9.17, 15) is 40.2 Å². The number of aromatic hydroxyl groups is 1. The summed E-state index contributed by atoms with van der Waals surface area (Å²) in [5.41, 5.74) is -1.54. The molecule has 5 aliphatic carbocycles. The number of nitrogens with one attached hydrogen (secondary N) is 1. The lowest BCUT2D eigenvalue weighted by molar-refractivity contribution is -0.368. The first-order valence-corrected chi connectivity index (χ1v) is 19.4. The van der Waals surface area contributed by atoms with Crippen molar-refractivity contribution in [3.8, 4) is 11.5 Å². The van der Waals surface area contributed by atoms with Gasteiger partial charge in [0.05, 0.1) is 23.3 Å². The number of phenolic OH excluding ortho intramolecular Hbond substituents is 1. The van der Waals surface area contributed by atoms with Crippen LogP contribution in [0.2, 0.25) is 0 Å². The molecule has 0 radical (unpaired) electrons. The average molecular weight is 747 g/mol. The Hall–Kier alpha value is -4.43. The first-order valence-electron chi connectivity index (χ1n) is 19.4. The van der Waals surface area contributed by atoms with E-state index in [4.69, 9.17) is 9.47 Å². The summed E-state index contributed by atoms with van der Waals surface area (Å²) in [5, 5.41) is 76.0. The monoisotopic (exact) mass is 746 g/mol. The number of phenols is 1. The number of aliphatic hydroxyl groups excluding tert-OH is 5. The third kappa shape index (κ3) is 4.04. The van der Waals surface area contributed by atoms with Gasteiger partial charge in [-0.15, -0.1) is 0 Å². The smallest absolute Gasteiger partial charge is 0.260 e. The van der Waals surface area contributed by atoms with Gasteiger partial charge in [0.15, 0.2) is 17.5 Å². The molecule has 2 saturated carbocycles. The highest BCUT2D eigenvalue weighted by atomic mass is 16.7. The molecule has 2 aromatic carbocycles. The van der Waals surface area contributed by atoms with Gasteiger partial charge in [0.25, 0.3) is 5.79 Å². The molecule has 12 nitrogen and oxygen atoms in total. The van der Waals surface area contributed by atoms with Crippen molar-refractivity contribution in [3.63, 3.8) is 0 Å². The number of rotatable bonds is 0. The van der Waals surface area contributed by atoms with Gasteiger partial charge in [-0.2, -0.15) is 0 Å². The largest absolute Gasteiger partial charge is 0.507 e. The molecular formula is C43H42N2O10. The second kappa shape index (κ2) is 10.9. The molecule has 3 aromatic rings. The van der Waals surface area contributed by atoms with Crippen LogP contribution in [0.15, 0.2) is 65.9 Å². The van der Waals surface area contributed by atoms with Gasteiger partial charge in [0.2, 0.25) is 5.78 Å². The van der Waals surface area contributed by atoms with Crippen molar-refractivity contribution in [1.82, 2.24) is 4.98 Å². The molecule has 3 fully saturated rings. The fourth-order valence-corrected chi connectivity index (χ4v) is 12.4. The number of nitrogens with zero attached hydrogens (tertiary/aromatic N) is 1. The molecule has 11 atom stereocenters. The molecule has 4 aliphatic heterocycles. The molecule has 12 heteroatoms. The van der Waals surface area contributed by atoms with Crippen LogP contribution in [0.1, 0.15) is 82.4 Å². The van der Waals surface area contributed by atoms with E-state index >= 15 is 0 Å². The Morgan fingerprint density at radius 1 is 0.927 bits per heavy atom. The van der Waals surface area contributed by atoms with E-state index in [0.717, 1.165) is 31.3 Å². The van der Waals surface area contributed by atoms with Crippen LogP contribution in [-0.2, 0) is 4.74 Å². The number of anilines is 1. The topological polar surface area (TPSA) is 199 Å². The van der Waals surface area contributed by atoms with Crippen LogP contribution in [0.3, 0.4) is 0 Å². The Kier molecular flexibility index (Phi) is 6.71. The van der Waals surface area contributed by atoms with Gasteiger partial charge in [-0.1, -0.05) is 30.2 Å². The van der Waals surface area contributed by atoms with Crippen molar-refractivity contribution in [2.75, 3.05) is 11.9 Å². The van der Waals surface area contributed by atoms with E-state index < -0.39 is 58.9 Å². The Labute approximate surface area is 315 Å². The highest BCUT2D eigenvalue weighted by Crippen LogP contribution is 2.71. The normalized spacial score (nSPS) is 40.6. The van der Waals surface area contributed by atoms with Gasteiger partial charge in [-0.3, -0.25) is 9.59 Å². The Morgan fingerprint density at radius 2 is 1.76 bits per heavy atom. The number of aliphatic hydroxyl groups is 5. The first kappa shape index (κ1) is 33.9. The van der Waals surface area contributed by atoms with Gasteiger partial charge in [0.1, 0.15) is 29.5 Å². The minimum atomic E-state index is -2.29. The zero-order chi connectivity index (χ0) is 38.0. The maximum atomic E-state index is 14.6. The zero-order valence-electron chi connectivity index (χ0n) is 30.2. The van der Waals surface area contributed by atoms with Crippen molar-refractivity contribution < 1.29 is 49.7 Å². The lowest BCUT2D eigenvalue weighted by Crippen LogP contribution is -2.78. The van der Waals surface area contributed by atoms with E-state index in [-0.39, 0.29) is 58.1 Å². The first-order chi connectivity index (χ1) is 26.3. The third-order valence-corrected chi connectivity index (χ3v) is 14.8. The molecule has 55 heavy (non-hydrogen) atoms. The number of aryl methyl sites for hydroxylation is 1. The number of hydrogen-bond donors (Lipinski definition) is 7. The predicted molar refractivity (Wildman–Crippen MR) is 197 cm³/mol. The Morgan fingerprint density at radius 3 is 2.60 bits per heavy atom. The Bertz CT molecular complexity index is 2390. The number of carbonyl (C=O) groups excluding carboxylic acids is 2. The minimum Gasteiger partial charge on any atom is -0.507 e. The maximum absolute atomic E-state index is 14.6. The molecule has 0 unspecified atom stereocenters. The quantitative estimate of drug-likeness (QED) is 0.130. The fraction of sp³-hybridized carbons (Fsp3) is 0.465. The van der Waals surface area contributed by atoms with Crippen LogP contribution in [0.25, 0.3) is 10.8 Å². The van der Waals surface area contributed by atoms with Crippen LogP contribution >= 0.6 is 0 Å². The highest BCUT2D eigenvalue weighted by molar-refractivity contribution is 6.34. The molecule has 7 N–H and O–H groups in total. The molecular weight excluding hydrogens is 704 g/mol. The average Bonchev–Trinajstić information content (AvgIpc) is 3.71. The van der Waals surface area contributed by atoms with Gasteiger partial charge < -0.3 is 45.4 Å². The van der Waals surface area contributed by atoms with E-state index in [2.05, 4.69) is 22.5 Å². The van der Waals surface area contributed by atoms with Gasteiger partial charge in [-0.05, 0) is 104 Å². The minimum absolute atomic E-state index is 0.0141. The summed E-state index contributed by atoms with van der Waals surface area (Å²) in [6.07, 6.45) is 6.46. The standard InChI is InChI=1S/C43H42N2O10/c1-19-13-25-30(28(47)14-19)34(49)32-29-16-23-22(31(32)33(25)48)7-12-44-38(23)45-17-21(46)15-24-26-5-4-20-3-2-8-40(20)10-11-41(26,18-40)39(53)43-27(24)6-9-42(54-29,55-43)36(51)35(50)37(43)52/h4-7,9,12-14,16,20-21,26,35-37,39,46-47,50-53H,2-3,8,10-11,15,17-18H2,1H3,(H,44,45)/t20-,21-,26-,35-,36-,37+,39-,40+,41+,42-,43+/m1/s1. The van der Waals surface area contributed by atoms with Crippen molar-refractivity contribution in [1.29, 1.82) is 0 Å². The molecule has 0 amide bonds. The lowest BCUT2D eigenvalue weighted by atomic mass is 9.52. The second-order valence-corrected chi connectivity index (χ2v) is 17.4. The SMILES string of the molecule is Cc1cc(O)c2c(c1)C(=O)c1c(c3cc4c(nccc14)NC[C@H](O)CC1=C4C=C[C@@]5(O3)O[C@]4([C@H](O)[C@]34CC[C@@]6(CCC[C@@H]6C=C[C@H]13)C4)[C@@H](O)[C@H](O)[C@H]5O)C2=O. The Balaban J connectivity index is 1.18. The van der Waals surface area contributed by atoms with Crippen molar-refractivity contribution in [2.45, 2.75) is 93.8 Å². The maximum Gasteiger partial charge on any atom is 0.260 e. The van der Waals surface area contributed by atoms with Crippen molar-refractivity contribution in [2.24, 2.45) is 22.7 Å². The third-order valence-electron chi connectivity index (χ3n) is 14.8. The van der Waals surface area contributed by atoms with Crippen LogP contribution in [0.4, 0.5) is 5.82 Å². The zero-order valence-corrected chi connectivity index (χ0v) is 30.2. The molecule has 1 saturated heterocycles. The summed E-state index contributed by atoms with van der Waals surface area (Å²) in [7, 11) is 0. The van der Waals surface area contributed by atoms with E-state index in [1.54, 1.807) is 25.1 Å². The number of carbonyl (C=O) groups is 2. The van der Waals surface area contributed by atoms with Crippen LogP contribution < -0.4 is 10.1 Å². The number of aromatic nitrogens is 1. The number of pyridine rings is 1. The molecule has 284 valence electrons. The van der Waals surface area contributed by atoms with E-state index in [1.165, 1.54) is 24.4 Å². The molecule has 8 bridgehead atoms. The van der Waals surface area contributed by atoms with E-state index in [1.807, 2.05) is 0 Å². The summed E-state index contributed by atoms with van der Waals surface area (Å²) in [6.45, 7) is 1.74. The molecule has 9 aliphatic rings. The number of fused-ring (bicyclic) bond motifs is 6. The highest BCUT2D eigenvalue weighted by Gasteiger charge is 2.75. The fourth-order valence-electron chi connectivity index (χ4n) is 12.4. The summed E-state index contributed by atoms with van der Waals surface area (Å²) < 4.78 is 13.6.